The van der Waals surface area contributed by atoms with Gasteiger partial charge in [-0.15, -0.1) is 0 Å². The summed E-state index contributed by atoms with van der Waals surface area (Å²) < 4.78 is 0. The first-order valence-electron chi connectivity index (χ1n) is 9.04. The van der Waals surface area contributed by atoms with Gasteiger partial charge in [0, 0.05) is 38.1 Å². The third-order valence-corrected chi connectivity index (χ3v) is 4.73. The molecule has 1 amide bonds. The highest BCUT2D eigenvalue weighted by atomic mass is 16.2. The van der Waals surface area contributed by atoms with Crippen LogP contribution in [-0.4, -0.2) is 37.0 Å². The third-order valence-electron chi connectivity index (χ3n) is 4.73. The van der Waals surface area contributed by atoms with Crippen LogP contribution in [-0.2, 0) is 11.3 Å². The van der Waals surface area contributed by atoms with Crippen LogP contribution >= 0.6 is 0 Å². The van der Waals surface area contributed by atoms with Gasteiger partial charge in [-0.1, -0.05) is 30.3 Å². The number of carbonyl (C=O) groups excluding carboxylic acids is 1. The molecule has 0 spiro atoms. The fourth-order valence-electron chi connectivity index (χ4n) is 3.32. The van der Waals surface area contributed by atoms with Crippen molar-refractivity contribution >= 4 is 17.3 Å². The molecule has 0 saturated carbocycles. The Morgan fingerprint density at radius 2 is 1.72 bits per heavy atom. The van der Waals surface area contributed by atoms with Crippen molar-refractivity contribution in [1.29, 1.82) is 0 Å². The summed E-state index contributed by atoms with van der Waals surface area (Å²) >= 11 is 0. The smallest absolute Gasteiger partial charge is 0.244 e. The first kappa shape index (κ1) is 17.3. The largest absolute Gasteiger partial charge is 0.374 e. The highest BCUT2D eigenvalue weighted by Crippen LogP contribution is 2.22. The van der Waals surface area contributed by atoms with E-state index in [1.54, 1.807) is 4.90 Å². The molecule has 0 radical (unpaired) electrons. The molecular formula is C21H27N3O. The van der Waals surface area contributed by atoms with E-state index in [2.05, 4.69) is 34.5 Å². The molecule has 1 N–H and O–H groups in total. The summed E-state index contributed by atoms with van der Waals surface area (Å²) in [7, 11) is 1.85. The van der Waals surface area contributed by atoms with E-state index in [1.807, 2.05) is 44.3 Å². The second-order valence-corrected chi connectivity index (χ2v) is 6.79. The maximum atomic E-state index is 12.6. The van der Waals surface area contributed by atoms with Crippen LogP contribution in [0.5, 0.6) is 0 Å². The Morgan fingerprint density at radius 3 is 2.36 bits per heavy atom. The molecule has 1 aliphatic rings. The fraction of sp³-hybridized carbons (Fsp3) is 0.381. The lowest BCUT2D eigenvalue weighted by Gasteiger charge is -2.23. The minimum Gasteiger partial charge on any atom is -0.374 e. The van der Waals surface area contributed by atoms with Gasteiger partial charge in [0.2, 0.25) is 5.91 Å². The molecule has 4 heteroatoms. The van der Waals surface area contributed by atoms with Gasteiger partial charge >= 0.3 is 0 Å². The van der Waals surface area contributed by atoms with Gasteiger partial charge in [-0.25, -0.2) is 0 Å². The number of hydrogen-bond acceptors (Lipinski definition) is 3. The number of benzene rings is 2. The van der Waals surface area contributed by atoms with Gasteiger partial charge in [0.1, 0.15) is 6.04 Å². The summed E-state index contributed by atoms with van der Waals surface area (Å²) in [5, 5.41) is 3.32. The van der Waals surface area contributed by atoms with Crippen molar-refractivity contribution in [3.05, 3.63) is 60.2 Å². The summed E-state index contributed by atoms with van der Waals surface area (Å²) in [6.45, 7) is 4.83. The number of likely N-dealkylation sites (N-methyl/N-ethyl adjacent to an activating group) is 1. The summed E-state index contributed by atoms with van der Waals surface area (Å²) in [5.74, 6) is 0.0903. The maximum absolute atomic E-state index is 12.6. The molecule has 1 heterocycles. The van der Waals surface area contributed by atoms with E-state index in [0.717, 1.165) is 24.3 Å². The lowest BCUT2D eigenvalue weighted by molar-refractivity contribution is -0.130. The second kappa shape index (κ2) is 8.06. The van der Waals surface area contributed by atoms with E-state index in [1.165, 1.54) is 18.5 Å². The van der Waals surface area contributed by atoms with Gasteiger partial charge < -0.3 is 15.1 Å². The minimum absolute atomic E-state index is 0.0903. The lowest BCUT2D eigenvalue weighted by atomic mass is 10.2. The first-order chi connectivity index (χ1) is 12.1. The Morgan fingerprint density at radius 1 is 1.08 bits per heavy atom. The average Bonchev–Trinajstić information content (AvgIpc) is 3.17. The average molecular weight is 337 g/mol. The Bertz CT molecular complexity index is 678. The van der Waals surface area contributed by atoms with Gasteiger partial charge in [0.15, 0.2) is 0 Å². The van der Waals surface area contributed by atoms with Crippen LogP contribution in [0.4, 0.5) is 11.4 Å². The number of amides is 1. The van der Waals surface area contributed by atoms with Crippen molar-refractivity contribution < 1.29 is 4.79 Å². The van der Waals surface area contributed by atoms with Gasteiger partial charge in [-0.2, -0.15) is 0 Å². The second-order valence-electron chi connectivity index (χ2n) is 6.79. The van der Waals surface area contributed by atoms with Gasteiger partial charge in [-0.05, 0) is 49.6 Å². The lowest BCUT2D eigenvalue weighted by Crippen LogP contribution is -2.38. The summed E-state index contributed by atoms with van der Waals surface area (Å²) in [6.07, 6.45) is 2.55. The quantitative estimate of drug-likeness (QED) is 0.872. The zero-order valence-electron chi connectivity index (χ0n) is 15.1. The standard InChI is InChI=1S/C21H27N3O/c1-17(21(25)23(2)16-18-8-4-3-5-9-18)22-19-10-12-20(13-11-19)24-14-6-7-15-24/h3-5,8-13,17,22H,6-7,14-16H2,1-2H3/t17-/m1/s1. The molecule has 0 aliphatic carbocycles. The zero-order chi connectivity index (χ0) is 17.6. The van der Waals surface area contributed by atoms with E-state index in [4.69, 9.17) is 0 Å². The molecule has 0 bridgehead atoms. The molecule has 1 aliphatic heterocycles. The predicted octanol–water partition coefficient (Wildman–Crippen LogP) is 3.75. The molecule has 1 fully saturated rings. The first-order valence-corrected chi connectivity index (χ1v) is 9.04. The van der Waals surface area contributed by atoms with Crippen molar-refractivity contribution in [3.63, 3.8) is 0 Å². The van der Waals surface area contributed by atoms with Crippen molar-refractivity contribution in [2.24, 2.45) is 0 Å². The molecule has 1 saturated heterocycles. The monoisotopic (exact) mass is 337 g/mol. The highest BCUT2D eigenvalue weighted by Gasteiger charge is 2.18. The number of rotatable bonds is 6. The molecular weight excluding hydrogens is 310 g/mol. The molecule has 1 atom stereocenters. The molecule has 2 aromatic rings. The van der Waals surface area contributed by atoms with Gasteiger partial charge in [0.05, 0.1) is 0 Å². The van der Waals surface area contributed by atoms with Crippen molar-refractivity contribution in [3.8, 4) is 0 Å². The molecule has 25 heavy (non-hydrogen) atoms. The molecule has 4 nitrogen and oxygen atoms in total. The van der Waals surface area contributed by atoms with E-state index in [0.29, 0.717) is 6.54 Å². The van der Waals surface area contributed by atoms with E-state index in [-0.39, 0.29) is 11.9 Å². The van der Waals surface area contributed by atoms with Crippen molar-refractivity contribution in [2.45, 2.75) is 32.4 Å². The Labute approximate surface area is 150 Å². The van der Waals surface area contributed by atoms with Crippen molar-refractivity contribution in [2.75, 3.05) is 30.4 Å². The van der Waals surface area contributed by atoms with Crippen LogP contribution in [0.1, 0.15) is 25.3 Å². The van der Waals surface area contributed by atoms with Crippen LogP contribution < -0.4 is 10.2 Å². The fourth-order valence-corrected chi connectivity index (χ4v) is 3.32. The van der Waals surface area contributed by atoms with Crippen LogP contribution in [0.3, 0.4) is 0 Å². The Kier molecular flexibility index (Phi) is 5.59. The SMILES string of the molecule is C[C@@H](Nc1ccc(N2CCCC2)cc1)C(=O)N(C)Cc1ccccc1. The number of anilines is 2. The number of carbonyl (C=O) groups is 1. The van der Waals surface area contributed by atoms with E-state index >= 15 is 0 Å². The number of nitrogens with zero attached hydrogens (tertiary/aromatic N) is 2. The topological polar surface area (TPSA) is 35.6 Å². The summed E-state index contributed by atoms with van der Waals surface area (Å²) in [5.41, 5.74) is 3.39. The summed E-state index contributed by atoms with van der Waals surface area (Å²) in [6, 6.07) is 18.2. The van der Waals surface area contributed by atoms with Gasteiger partial charge in [-0.3, -0.25) is 4.79 Å². The molecule has 0 aromatic heterocycles. The number of nitrogens with one attached hydrogen (secondary N) is 1. The van der Waals surface area contributed by atoms with Crippen molar-refractivity contribution in [1.82, 2.24) is 4.90 Å². The van der Waals surface area contributed by atoms with E-state index in [9.17, 15) is 4.79 Å². The zero-order valence-corrected chi connectivity index (χ0v) is 15.1. The minimum atomic E-state index is -0.258. The molecule has 2 aromatic carbocycles. The summed E-state index contributed by atoms with van der Waals surface area (Å²) in [4.78, 5) is 16.8. The van der Waals surface area contributed by atoms with Crippen LogP contribution in [0.25, 0.3) is 0 Å². The Hall–Kier alpha value is -2.49. The maximum Gasteiger partial charge on any atom is 0.244 e. The highest BCUT2D eigenvalue weighted by molar-refractivity contribution is 5.84. The van der Waals surface area contributed by atoms with Crippen LogP contribution in [0.15, 0.2) is 54.6 Å². The van der Waals surface area contributed by atoms with Crippen LogP contribution in [0.2, 0.25) is 0 Å². The van der Waals surface area contributed by atoms with E-state index < -0.39 is 0 Å². The number of hydrogen-bond donors (Lipinski definition) is 1. The Balaban J connectivity index is 1.55. The predicted molar refractivity (Wildman–Crippen MR) is 104 cm³/mol. The van der Waals surface area contributed by atoms with Gasteiger partial charge in [0.25, 0.3) is 0 Å². The normalized spacial score (nSPS) is 15.0. The molecule has 0 unspecified atom stereocenters. The van der Waals surface area contributed by atoms with Crippen LogP contribution in [0, 0.1) is 0 Å². The molecule has 132 valence electrons. The third kappa shape index (κ3) is 4.53. The molecule has 3 rings (SSSR count).